The fraction of sp³-hybridized carbons (Fsp3) is 0.158. The Balaban J connectivity index is 1.84. The predicted octanol–water partition coefficient (Wildman–Crippen LogP) is 3.34. The molecule has 3 rings (SSSR count). The number of carbonyl (C=O) groups excluding carboxylic acids is 1. The van der Waals surface area contributed by atoms with E-state index < -0.39 is 10.8 Å². The maximum Gasteiger partial charge on any atom is 0.275 e. The first-order valence-corrected chi connectivity index (χ1v) is 8.28. The fourth-order valence-corrected chi connectivity index (χ4v) is 2.85. The third-order valence-corrected chi connectivity index (χ3v) is 4.17. The Kier molecular flexibility index (Phi) is 5.16. The van der Waals surface area contributed by atoms with Gasteiger partial charge < -0.3 is 9.30 Å². The predicted molar refractivity (Wildman–Crippen MR) is 102 cm³/mol. The Morgan fingerprint density at radius 1 is 1.33 bits per heavy atom. The molecule has 0 fully saturated rings. The maximum absolute atomic E-state index is 12.4. The largest absolute Gasteiger partial charge is 0.496 e. The average Bonchev–Trinajstić information content (AvgIpc) is 3.05. The summed E-state index contributed by atoms with van der Waals surface area (Å²) in [4.78, 5) is 22.7. The topological polar surface area (TPSA) is 98.8 Å². The molecule has 3 aromatic rings. The van der Waals surface area contributed by atoms with Crippen molar-refractivity contribution in [3.63, 3.8) is 0 Å². The lowest BCUT2D eigenvalue weighted by Crippen LogP contribution is -2.18. The van der Waals surface area contributed by atoms with E-state index in [1.807, 2.05) is 37.4 Å². The second-order valence-electron chi connectivity index (χ2n) is 5.73. The third-order valence-electron chi connectivity index (χ3n) is 4.17. The Morgan fingerprint density at radius 2 is 2.11 bits per heavy atom. The fourth-order valence-electron chi connectivity index (χ4n) is 2.85. The number of aryl methyl sites for hydroxylation is 1. The van der Waals surface area contributed by atoms with Crippen LogP contribution in [0.1, 0.15) is 22.8 Å². The van der Waals surface area contributed by atoms with Crippen LogP contribution >= 0.6 is 0 Å². The highest BCUT2D eigenvalue weighted by molar-refractivity contribution is 6.01. The second-order valence-corrected chi connectivity index (χ2v) is 5.73. The number of benzene rings is 2. The molecule has 0 aliphatic rings. The molecule has 8 nitrogen and oxygen atoms in total. The number of nitrogens with zero attached hydrogens (tertiary/aromatic N) is 3. The molecule has 138 valence electrons. The van der Waals surface area contributed by atoms with Gasteiger partial charge in [0.05, 0.1) is 23.8 Å². The number of carbonyl (C=O) groups is 1. The van der Waals surface area contributed by atoms with Crippen LogP contribution in [0.3, 0.4) is 0 Å². The number of nitro benzene ring substituents is 1. The Labute approximate surface area is 155 Å². The molecule has 1 amide bonds. The quantitative estimate of drug-likeness (QED) is 0.411. The number of ether oxygens (including phenoxy) is 1. The standard InChI is InChI=1S/C19H18N4O4/c1-3-22-12-13(15-6-4-5-7-17(15)22)11-20-21-19(24)16-10-14(23(25)26)8-9-18(16)27-2/h4-12H,3H2,1-2H3,(H,21,24). The molecule has 0 atom stereocenters. The molecule has 0 aliphatic carbocycles. The molecule has 2 aromatic carbocycles. The number of fused-ring (bicyclic) bond motifs is 1. The minimum atomic E-state index is -0.592. The van der Waals surface area contributed by atoms with Gasteiger partial charge in [-0.1, -0.05) is 18.2 Å². The lowest BCUT2D eigenvalue weighted by molar-refractivity contribution is -0.384. The summed E-state index contributed by atoms with van der Waals surface area (Å²) < 4.78 is 7.19. The van der Waals surface area contributed by atoms with Crippen LogP contribution in [0.5, 0.6) is 5.75 Å². The van der Waals surface area contributed by atoms with Gasteiger partial charge in [-0.25, -0.2) is 5.43 Å². The molecule has 1 N–H and O–H groups in total. The van der Waals surface area contributed by atoms with Gasteiger partial charge in [0.1, 0.15) is 5.75 Å². The maximum atomic E-state index is 12.4. The van der Waals surface area contributed by atoms with Crippen LogP contribution in [-0.2, 0) is 6.54 Å². The lowest BCUT2D eigenvalue weighted by atomic mass is 10.1. The van der Waals surface area contributed by atoms with Crippen LogP contribution in [0.25, 0.3) is 10.9 Å². The van der Waals surface area contributed by atoms with Crippen molar-refractivity contribution in [1.29, 1.82) is 0 Å². The highest BCUT2D eigenvalue weighted by atomic mass is 16.6. The molecule has 27 heavy (non-hydrogen) atoms. The summed E-state index contributed by atoms with van der Waals surface area (Å²) in [5.41, 5.74) is 4.18. The van der Waals surface area contributed by atoms with Gasteiger partial charge in [-0.3, -0.25) is 14.9 Å². The number of hydrogen-bond acceptors (Lipinski definition) is 5. The number of nitro groups is 1. The van der Waals surface area contributed by atoms with E-state index >= 15 is 0 Å². The van der Waals surface area contributed by atoms with Crippen LogP contribution in [0, 0.1) is 10.1 Å². The summed E-state index contributed by atoms with van der Waals surface area (Å²) >= 11 is 0. The average molecular weight is 366 g/mol. The number of hydrazone groups is 1. The van der Waals surface area contributed by atoms with Crippen molar-refractivity contribution in [1.82, 2.24) is 9.99 Å². The minimum Gasteiger partial charge on any atom is -0.496 e. The molecule has 0 aliphatic heterocycles. The van der Waals surface area contributed by atoms with Gasteiger partial charge in [0.2, 0.25) is 0 Å². The van der Waals surface area contributed by atoms with Gasteiger partial charge in [-0.2, -0.15) is 5.10 Å². The van der Waals surface area contributed by atoms with Crippen molar-refractivity contribution in [2.45, 2.75) is 13.5 Å². The first-order valence-electron chi connectivity index (χ1n) is 8.28. The van der Waals surface area contributed by atoms with Crippen LogP contribution in [0.4, 0.5) is 5.69 Å². The minimum absolute atomic E-state index is 0.0415. The van der Waals surface area contributed by atoms with Crippen molar-refractivity contribution in [3.8, 4) is 5.75 Å². The van der Waals surface area contributed by atoms with E-state index in [0.717, 1.165) is 29.1 Å². The Bertz CT molecular complexity index is 1040. The summed E-state index contributed by atoms with van der Waals surface area (Å²) in [6.07, 6.45) is 3.50. The molecule has 0 saturated carbocycles. The Morgan fingerprint density at radius 3 is 2.81 bits per heavy atom. The van der Waals surface area contributed by atoms with Crippen molar-refractivity contribution < 1.29 is 14.5 Å². The lowest BCUT2D eigenvalue weighted by Gasteiger charge is -2.06. The van der Waals surface area contributed by atoms with E-state index in [4.69, 9.17) is 4.74 Å². The van der Waals surface area contributed by atoms with Crippen LogP contribution in [0.15, 0.2) is 53.8 Å². The van der Waals surface area contributed by atoms with Crippen molar-refractivity contribution in [3.05, 3.63) is 69.9 Å². The van der Waals surface area contributed by atoms with Gasteiger partial charge in [0.25, 0.3) is 11.6 Å². The first kappa shape index (κ1) is 18.1. The van der Waals surface area contributed by atoms with E-state index in [1.54, 1.807) is 6.21 Å². The van der Waals surface area contributed by atoms with E-state index in [0.29, 0.717) is 0 Å². The normalized spacial score (nSPS) is 11.0. The van der Waals surface area contributed by atoms with Gasteiger partial charge in [0.15, 0.2) is 0 Å². The van der Waals surface area contributed by atoms with Crippen molar-refractivity contribution >= 4 is 28.7 Å². The SMILES string of the molecule is CCn1cc(C=NNC(=O)c2cc([N+](=O)[O-])ccc2OC)c2ccccc21. The Hall–Kier alpha value is -3.68. The molecule has 0 spiro atoms. The monoisotopic (exact) mass is 366 g/mol. The molecule has 0 radical (unpaired) electrons. The highest BCUT2D eigenvalue weighted by Gasteiger charge is 2.17. The molecule has 8 heteroatoms. The molecular formula is C19H18N4O4. The number of non-ortho nitro benzene ring substituents is 1. The highest BCUT2D eigenvalue weighted by Crippen LogP contribution is 2.24. The number of nitrogens with one attached hydrogen (secondary N) is 1. The summed E-state index contributed by atoms with van der Waals surface area (Å²) in [5, 5.41) is 16.0. The second kappa shape index (κ2) is 7.69. The van der Waals surface area contributed by atoms with Gasteiger partial charge in [-0.05, 0) is 19.1 Å². The van der Waals surface area contributed by atoms with Crippen molar-refractivity contribution in [2.24, 2.45) is 5.10 Å². The molecule has 0 unspecified atom stereocenters. The smallest absolute Gasteiger partial charge is 0.275 e. The molecule has 0 saturated heterocycles. The van der Waals surface area contributed by atoms with Crippen LogP contribution < -0.4 is 10.2 Å². The number of para-hydroxylation sites is 1. The number of rotatable bonds is 6. The number of aromatic nitrogens is 1. The van der Waals surface area contributed by atoms with E-state index in [2.05, 4.69) is 15.1 Å². The summed E-state index contributed by atoms with van der Waals surface area (Å²) in [5.74, 6) is -0.359. The van der Waals surface area contributed by atoms with Gasteiger partial charge in [0, 0.05) is 41.3 Å². The van der Waals surface area contributed by atoms with Crippen LogP contribution in [-0.4, -0.2) is 28.7 Å². The summed E-state index contributed by atoms with van der Waals surface area (Å²) in [6.45, 7) is 2.86. The van der Waals surface area contributed by atoms with E-state index in [-0.39, 0.29) is 17.0 Å². The van der Waals surface area contributed by atoms with Gasteiger partial charge in [-0.15, -0.1) is 0 Å². The molecular weight excluding hydrogens is 348 g/mol. The number of methoxy groups -OCH3 is 1. The third kappa shape index (κ3) is 3.64. The molecule has 0 bridgehead atoms. The molecule has 1 heterocycles. The van der Waals surface area contributed by atoms with E-state index in [9.17, 15) is 14.9 Å². The van der Waals surface area contributed by atoms with Crippen LogP contribution in [0.2, 0.25) is 0 Å². The van der Waals surface area contributed by atoms with E-state index in [1.165, 1.54) is 19.2 Å². The van der Waals surface area contributed by atoms with Gasteiger partial charge >= 0.3 is 0 Å². The van der Waals surface area contributed by atoms with Crippen molar-refractivity contribution in [2.75, 3.05) is 7.11 Å². The number of hydrogen-bond donors (Lipinski definition) is 1. The molecule has 1 aromatic heterocycles. The zero-order valence-corrected chi connectivity index (χ0v) is 14.9. The zero-order valence-electron chi connectivity index (χ0n) is 14.9. The number of amides is 1. The zero-order chi connectivity index (χ0) is 19.4. The first-order chi connectivity index (χ1) is 13.0. The summed E-state index contributed by atoms with van der Waals surface area (Å²) in [7, 11) is 1.39. The summed E-state index contributed by atoms with van der Waals surface area (Å²) in [6, 6.07) is 11.7.